The second-order valence-corrected chi connectivity index (χ2v) is 6.11. The van der Waals surface area contributed by atoms with Crippen LogP contribution in [0.2, 0.25) is 0 Å². The number of benzene rings is 1. The molecule has 1 aliphatic rings. The molecule has 2 N–H and O–H groups in total. The van der Waals surface area contributed by atoms with Crippen LogP contribution in [-0.2, 0) is 9.59 Å². The lowest BCUT2D eigenvalue weighted by Crippen LogP contribution is -2.44. The second-order valence-electron chi connectivity index (χ2n) is 5.25. The summed E-state index contributed by atoms with van der Waals surface area (Å²) < 4.78 is 11.1. The molecule has 0 saturated heterocycles. The fraction of sp³-hybridized carbons (Fsp3) is 0.312. The van der Waals surface area contributed by atoms with E-state index in [-0.39, 0.29) is 31.4 Å². The van der Waals surface area contributed by atoms with Gasteiger partial charge in [-0.1, -0.05) is 12.1 Å². The van der Waals surface area contributed by atoms with Crippen molar-refractivity contribution in [2.45, 2.75) is 19.4 Å². The number of rotatable bonds is 5. The third-order valence-corrected chi connectivity index (χ3v) is 4.19. The number of hydrogen-bond acceptors (Lipinski definition) is 6. The predicted molar refractivity (Wildman–Crippen MR) is 89.5 cm³/mol. The summed E-state index contributed by atoms with van der Waals surface area (Å²) in [4.78, 5) is 28.0. The van der Waals surface area contributed by atoms with Crippen LogP contribution >= 0.6 is 11.3 Å². The molecule has 1 aliphatic heterocycles. The number of hydrogen-bond donors (Lipinski definition) is 2. The van der Waals surface area contributed by atoms with Crippen molar-refractivity contribution in [3.63, 3.8) is 0 Å². The van der Waals surface area contributed by atoms with Gasteiger partial charge in [0.25, 0.3) is 5.91 Å². The maximum absolute atomic E-state index is 12.1. The van der Waals surface area contributed by atoms with Gasteiger partial charge in [-0.2, -0.15) is 0 Å². The number of carbonyl (C=O) groups excluding carboxylic acids is 2. The molecular weight excluding hydrogens is 330 g/mol. The Labute approximate surface area is 143 Å². The number of anilines is 1. The number of thiazole rings is 1. The SMILES string of the molecule is Cc1csc(NC(=O)CCNC(=O)C2COc3ccccc3O2)n1. The summed E-state index contributed by atoms with van der Waals surface area (Å²) >= 11 is 1.37. The lowest BCUT2D eigenvalue weighted by atomic mass is 10.2. The number of ether oxygens (including phenoxy) is 2. The Hall–Kier alpha value is -2.61. The average molecular weight is 347 g/mol. The molecule has 0 spiro atoms. The van der Waals surface area contributed by atoms with Crippen LogP contribution in [0.25, 0.3) is 0 Å². The van der Waals surface area contributed by atoms with Crippen LogP contribution in [0, 0.1) is 6.92 Å². The van der Waals surface area contributed by atoms with Crippen molar-refractivity contribution >= 4 is 28.3 Å². The molecule has 1 aromatic carbocycles. The second kappa shape index (κ2) is 7.31. The molecule has 0 radical (unpaired) electrons. The van der Waals surface area contributed by atoms with Crippen molar-refractivity contribution in [3.05, 3.63) is 35.3 Å². The number of amides is 2. The Bertz CT molecular complexity index is 746. The summed E-state index contributed by atoms with van der Waals surface area (Å²) in [6.45, 7) is 2.22. The molecule has 1 atom stereocenters. The number of para-hydroxylation sites is 2. The average Bonchev–Trinajstić information content (AvgIpc) is 2.99. The van der Waals surface area contributed by atoms with E-state index in [1.165, 1.54) is 11.3 Å². The van der Waals surface area contributed by atoms with Gasteiger partial charge in [-0.15, -0.1) is 11.3 Å². The van der Waals surface area contributed by atoms with E-state index in [9.17, 15) is 9.59 Å². The number of aryl methyl sites for hydroxylation is 1. The standard InChI is InChI=1S/C16H17N3O4S/c1-10-9-24-16(18-10)19-14(20)6-7-17-15(21)13-8-22-11-4-2-3-5-12(11)23-13/h2-5,9,13H,6-8H2,1H3,(H,17,21)(H,18,19,20). The van der Waals surface area contributed by atoms with Gasteiger partial charge in [-0.3, -0.25) is 9.59 Å². The Morgan fingerprint density at radius 1 is 1.33 bits per heavy atom. The quantitative estimate of drug-likeness (QED) is 0.860. The van der Waals surface area contributed by atoms with Crippen molar-refractivity contribution in [2.75, 3.05) is 18.5 Å². The molecule has 0 bridgehead atoms. The first-order chi connectivity index (χ1) is 11.6. The van der Waals surface area contributed by atoms with E-state index in [1.54, 1.807) is 12.1 Å². The largest absolute Gasteiger partial charge is 0.485 e. The Morgan fingerprint density at radius 3 is 2.88 bits per heavy atom. The van der Waals surface area contributed by atoms with Crippen LogP contribution in [0.5, 0.6) is 11.5 Å². The van der Waals surface area contributed by atoms with Crippen molar-refractivity contribution in [1.82, 2.24) is 10.3 Å². The summed E-state index contributed by atoms with van der Waals surface area (Å²) in [7, 11) is 0. The fourth-order valence-electron chi connectivity index (χ4n) is 2.15. The van der Waals surface area contributed by atoms with E-state index in [4.69, 9.17) is 9.47 Å². The molecule has 0 saturated carbocycles. The van der Waals surface area contributed by atoms with Crippen LogP contribution in [-0.4, -0.2) is 36.1 Å². The first-order valence-electron chi connectivity index (χ1n) is 7.50. The smallest absolute Gasteiger partial charge is 0.264 e. The third-order valence-electron chi connectivity index (χ3n) is 3.32. The fourth-order valence-corrected chi connectivity index (χ4v) is 2.86. The van der Waals surface area contributed by atoms with E-state index < -0.39 is 6.10 Å². The van der Waals surface area contributed by atoms with E-state index >= 15 is 0 Å². The van der Waals surface area contributed by atoms with Gasteiger partial charge in [-0.05, 0) is 19.1 Å². The highest BCUT2D eigenvalue weighted by atomic mass is 32.1. The number of nitrogens with zero attached hydrogens (tertiary/aromatic N) is 1. The first kappa shape index (κ1) is 16.3. The summed E-state index contributed by atoms with van der Waals surface area (Å²) in [6, 6.07) is 7.19. The Kier molecular flexibility index (Phi) is 4.95. The maximum atomic E-state index is 12.1. The van der Waals surface area contributed by atoms with Crippen molar-refractivity contribution < 1.29 is 19.1 Å². The van der Waals surface area contributed by atoms with E-state index in [0.29, 0.717) is 16.6 Å². The lowest BCUT2D eigenvalue weighted by Gasteiger charge is -2.25. The minimum atomic E-state index is -0.718. The van der Waals surface area contributed by atoms with Gasteiger partial charge in [0.2, 0.25) is 12.0 Å². The molecule has 0 fully saturated rings. The van der Waals surface area contributed by atoms with E-state index in [2.05, 4.69) is 15.6 Å². The minimum Gasteiger partial charge on any atom is -0.485 e. The maximum Gasteiger partial charge on any atom is 0.264 e. The molecule has 3 rings (SSSR count). The highest BCUT2D eigenvalue weighted by Crippen LogP contribution is 2.30. The normalized spacial score (nSPS) is 15.6. The number of nitrogens with one attached hydrogen (secondary N) is 2. The van der Waals surface area contributed by atoms with Gasteiger partial charge >= 0.3 is 0 Å². The molecule has 1 unspecified atom stereocenters. The molecule has 2 aromatic rings. The summed E-state index contributed by atoms with van der Waals surface area (Å²) in [5.41, 5.74) is 0.860. The van der Waals surface area contributed by atoms with Crippen LogP contribution < -0.4 is 20.1 Å². The first-order valence-corrected chi connectivity index (χ1v) is 8.38. The molecule has 24 heavy (non-hydrogen) atoms. The van der Waals surface area contributed by atoms with Gasteiger partial charge in [0, 0.05) is 18.3 Å². The highest BCUT2D eigenvalue weighted by Gasteiger charge is 2.26. The highest BCUT2D eigenvalue weighted by molar-refractivity contribution is 7.13. The molecule has 7 nitrogen and oxygen atoms in total. The van der Waals surface area contributed by atoms with Crippen LogP contribution in [0.15, 0.2) is 29.6 Å². The molecule has 2 amide bonds. The molecule has 0 aliphatic carbocycles. The molecule has 8 heteroatoms. The number of aromatic nitrogens is 1. The summed E-state index contributed by atoms with van der Waals surface area (Å²) in [6.07, 6.45) is -0.557. The molecular formula is C16H17N3O4S. The monoisotopic (exact) mass is 347 g/mol. The number of carbonyl (C=O) groups is 2. The minimum absolute atomic E-state index is 0.146. The zero-order chi connectivity index (χ0) is 16.9. The summed E-state index contributed by atoms with van der Waals surface area (Å²) in [5, 5.41) is 7.79. The third kappa shape index (κ3) is 4.02. The van der Waals surface area contributed by atoms with Crippen LogP contribution in [0.4, 0.5) is 5.13 Å². The van der Waals surface area contributed by atoms with E-state index in [1.807, 2.05) is 24.4 Å². The molecule has 126 valence electrons. The van der Waals surface area contributed by atoms with Gasteiger partial charge in [0.05, 0.1) is 5.69 Å². The van der Waals surface area contributed by atoms with Gasteiger partial charge < -0.3 is 20.1 Å². The molecule has 2 heterocycles. The van der Waals surface area contributed by atoms with Crippen LogP contribution in [0.1, 0.15) is 12.1 Å². The van der Waals surface area contributed by atoms with Gasteiger partial charge in [-0.25, -0.2) is 4.98 Å². The Balaban J connectivity index is 1.42. The predicted octanol–water partition coefficient (Wildman–Crippen LogP) is 1.74. The summed E-state index contributed by atoms with van der Waals surface area (Å²) in [5.74, 6) is 0.665. The van der Waals surface area contributed by atoms with Crippen molar-refractivity contribution in [3.8, 4) is 11.5 Å². The zero-order valence-corrected chi connectivity index (χ0v) is 13.9. The van der Waals surface area contributed by atoms with Gasteiger partial charge in [0.1, 0.15) is 6.61 Å². The topological polar surface area (TPSA) is 89.6 Å². The lowest BCUT2D eigenvalue weighted by molar-refractivity contribution is -0.130. The van der Waals surface area contributed by atoms with Crippen molar-refractivity contribution in [2.24, 2.45) is 0 Å². The zero-order valence-electron chi connectivity index (χ0n) is 13.1. The van der Waals surface area contributed by atoms with E-state index in [0.717, 1.165) is 5.69 Å². The van der Waals surface area contributed by atoms with Crippen molar-refractivity contribution in [1.29, 1.82) is 0 Å². The van der Waals surface area contributed by atoms with Crippen LogP contribution in [0.3, 0.4) is 0 Å². The number of fused-ring (bicyclic) bond motifs is 1. The van der Waals surface area contributed by atoms with Gasteiger partial charge in [0.15, 0.2) is 16.6 Å². The Morgan fingerprint density at radius 2 is 2.12 bits per heavy atom. The molecule has 1 aromatic heterocycles.